The fourth-order valence-corrected chi connectivity index (χ4v) is 2.40. The van der Waals surface area contributed by atoms with E-state index < -0.39 is 0 Å². The van der Waals surface area contributed by atoms with E-state index in [0.29, 0.717) is 0 Å². The van der Waals surface area contributed by atoms with Gasteiger partial charge in [-0.05, 0) is 37.6 Å². The van der Waals surface area contributed by atoms with Gasteiger partial charge in [-0.3, -0.25) is 0 Å². The van der Waals surface area contributed by atoms with Crippen molar-refractivity contribution in [3.8, 4) is 0 Å². The summed E-state index contributed by atoms with van der Waals surface area (Å²) in [6.07, 6.45) is 0.817. The molecular formula is C18H20N2O. The number of nitrogens with one attached hydrogen (secondary N) is 1. The molecule has 0 fully saturated rings. The first-order chi connectivity index (χ1) is 10.2. The molecule has 21 heavy (non-hydrogen) atoms. The van der Waals surface area contributed by atoms with Crippen molar-refractivity contribution in [3.63, 3.8) is 0 Å². The van der Waals surface area contributed by atoms with Gasteiger partial charge >= 0.3 is 0 Å². The Morgan fingerprint density at radius 2 is 1.90 bits per heavy atom. The Morgan fingerprint density at radius 3 is 2.62 bits per heavy atom. The van der Waals surface area contributed by atoms with E-state index in [1.165, 1.54) is 11.1 Å². The smallest absolute Gasteiger partial charge is 0.195 e. The Balaban J connectivity index is 1.82. The van der Waals surface area contributed by atoms with Gasteiger partial charge in [0.25, 0.3) is 0 Å². The maximum atomic E-state index is 5.64. The van der Waals surface area contributed by atoms with E-state index in [1.807, 2.05) is 25.1 Å². The summed E-state index contributed by atoms with van der Waals surface area (Å²) in [5.74, 6) is 0.786. The molecule has 108 valence electrons. The molecule has 1 N–H and O–H groups in total. The number of hydrogen-bond donors (Lipinski definition) is 1. The van der Waals surface area contributed by atoms with Crippen LogP contribution in [0.15, 0.2) is 46.9 Å². The summed E-state index contributed by atoms with van der Waals surface area (Å²) in [5.41, 5.74) is 5.37. The molecule has 3 nitrogen and oxygen atoms in total. The molecule has 0 amide bonds. The number of aromatic nitrogens is 1. The predicted molar refractivity (Wildman–Crippen MR) is 86.6 cm³/mol. The van der Waals surface area contributed by atoms with Crippen molar-refractivity contribution < 1.29 is 4.42 Å². The van der Waals surface area contributed by atoms with Crippen LogP contribution in [-0.4, -0.2) is 4.98 Å². The third-order valence-corrected chi connectivity index (χ3v) is 3.69. The van der Waals surface area contributed by atoms with Crippen LogP contribution in [0.25, 0.3) is 11.1 Å². The van der Waals surface area contributed by atoms with Crippen molar-refractivity contribution in [1.29, 1.82) is 0 Å². The summed E-state index contributed by atoms with van der Waals surface area (Å²) >= 11 is 0. The molecule has 0 aliphatic heterocycles. The topological polar surface area (TPSA) is 38.1 Å². The lowest BCUT2D eigenvalue weighted by Gasteiger charge is -2.15. The summed E-state index contributed by atoms with van der Waals surface area (Å²) < 4.78 is 5.64. The summed E-state index contributed by atoms with van der Waals surface area (Å²) in [7, 11) is 0. The highest BCUT2D eigenvalue weighted by atomic mass is 16.3. The number of nitrogens with zero attached hydrogens (tertiary/aromatic N) is 1. The van der Waals surface area contributed by atoms with Gasteiger partial charge in [0.15, 0.2) is 11.5 Å². The van der Waals surface area contributed by atoms with Crippen LogP contribution in [0, 0.1) is 6.92 Å². The first-order valence-electron chi connectivity index (χ1n) is 7.38. The number of anilines is 1. The highest BCUT2D eigenvalue weighted by Gasteiger charge is 2.08. The molecule has 2 aromatic carbocycles. The average molecular weight is 280 g/mol. The van der Waals surface area contributed by atoms with Crippen LogP contribution in [0.5, 0.6) is 0 Å². The van der Waals surface area contributed by atoms with Gasteiger partial charge in [0, 0.05) is 18.2 Å². The highest BCUT2D eigenvalue weighted by Crippen LogP contribution is 2.24. The third-order valence-electron chi connectivity index (χ3n) is 3.69. The molecule has 1 heterocycles. The van der Waals surface area contributed by atoms with Gasteiger partial charge in [0.2, 0.25) is 0 Å². The normalized spacial score (nSPS) is 12.5. The maximum absolute atomic E-state index is 5.64. The number of fused-ring (bicyclic) bond motifs is 1. The number of rotatable bonds is 4. The fourth-order valence-electron chi connectivity index (χ4n) is 2.40. The van der Waals surface area contributed by atoms with Crippen LogP contribution in [-0.2, 0) is 6.42 Å². The van der Waals surface area contributed by atoms with Gasteiger partial charge in [-0.2, -0.15) is 0 Å². The summed E-state index contributed by atoms with van der Waals surface area (Å²) in [4.78, 5) is 4.48. The van der Waals surface area contributed by atoms with Gasteiger partial charge in [0.1, 0.15) is 5.52 Å². The largest absolute Gasteiger partial charge is 0.441 e. The minimum Gasteiger partial charge on any atom is -0.441 e. The Kier molecular flexibility index (Phi) is 3.65. The first kappa shape index (κ1) is 13.7. The number of hydrogen-bond acceptors (Lipinski definition) is 3. The molecule has 0 radical (unpaired) electrons. The predicted octanol–water partition coefficient (Wildman–Crippen LogP) is 4.87. The second kappa shape index (κ2) is 5.60. The lowest BCUT2D eigenvalue weighted by molar-refractivity contribution is 0.538. The van der Waals surface area contributed by atoms with E-state index in [-0.39, 0.29) is 6.04 Å². The van der Waals surface area contributed by atoms with Crippen molar-refractivity contribution in [1.82, 2.24) is 4.98 Å². The molecule has 0 saturated heterocycles. The van der Waals surface area contributed by atoms with Gasteiger partial charge in [-0.1, -0.05) is 36.8 Å². The fraction of sp³-hybridized carbons (Fsp3) is 0.278. The number of aryl methyl sites for hydroxylation is 2. The van der Waals surface area contributed by atoms with E-state index in [1.54, 1.807) is 0 Å². The van der Waals surface area contributed by atoms with Gasteiger partial charge in [-0.15, -0.1) is 0 Å². The van der Waals surface area contributed by atoms with Crippen molar-refractivity contribution in [2.45, 2.75) is 33.2 Å². The van der Waals surface area contributed by atoms with E-state index >= 15 is 0 Å². The van der Waals surface area contributed by atoms with Crippen LogP contribution in [0.2, 0.25) is 0 Å². The lowest BCUT2D eigenvalue weighted by Crippen LogP contribution is -2.06. The monoisotopic (exact) mass is 280 g/mol. The van der Waals surface area contributed by atoms with Crippen LogP contribution in [0.4, 0.5) is 5.69 Å². The highest BCUT2D eigenvalue weighted by molar-refractivity contribution is 5.77. The maximum Gasteiger partial charge on any atom is 0.195 e. The Labute approximate surface area is 125 Å². The molecule has 0 aliphatic carbocycles. The van der Waals surface area contributed by atoms with Gasteiger partial charge < -0.3 is 9.73 Å². The molecule has 0 bridgehead atoms. The second-order valence-corrected chi connectivity index (χ2v) is 5.42. The van der Waals surface area contributed by atoms with Crippen LogP contribution in [0.3, 0.4) is 0 Å². The SMILES string of the molecule is CCc1nc2cc(NC(C)c3ccc(C)cc3)ccc2o1. The van der Waals surface area contributed by atoms with Crippen LogP contribution >= 0.6 is 0 Å². The number of benzene rings is 2. The standard InChI is InChI=1S/C18H20N2O/c1-4-18-20-16-11-15(9-10-17(16)21-18)19-13(3)14-7-5-12(2)6-8-14/h5-11,13,19H,4H2,1-3H3. The number of oxazole rings is 1. The van der Waals surface area contributed by atoms with Crippen LogP contribution in [0.1, 0.15) is 36.9 Å². The zero-order valence-electron chi connectivity index (χ0n) is 12.7. The molecule has 1 atom stereocenters. The van der Waals surface area contributed by atoms with Crippen molar-refractivity contribution in [3.05, 3.63) is 59.5 Å². The first-order valence-corrected chi connectivity index (χ1v) is 7.38. The zero-order chi connectivity index (χ0) is 14.8. The Morgan fingerprint density at radius 1 is 1.14 bits per heavy atom. The minimum absolute atomic E-state index is 0.251. The molecule has 1 unspecified atom stereocenters. The van der Waals surface area contributed by atoms with E-state index in [9.17, 15) is 0 Å². The van der Waals surface area contributed by atoms with Gasteiger partial charge in [-0.25, -0.2) is 4.98 Å². The van der Waals surface area contributed by atoms with Crippen molar-refractivity contribution >= 4 is 16.8 Å². The molecule has 1 aromatic heterocycles. The molecule has 3 aromatic rings. The zero-order valence-corrected chi connectivity index (χ0v) is 12.7. The van der Waals surface area contributed by atoms with Crippen LogP contribution < -0.4 is 5.32 Å². The Hall–Kier alpha value is -2.29. The molecule has 3 heteroatoms. The average Bonchev–Trinajstić information content (AvgIpc) is 2.90. The van der Waals surface area contributed by atoms with E-state index in [4.69, 9.17) is 4.42 Å². The summed E-state index contributed by atoms with van der Waals surface area (Å²) in [6.45, 7) is 6.31. The molecule has 0 spiro atoms. The second-order valence-electron chi connectivity index (χ2n) is 5.42. The quantitative estimate of drug-likeness (QED) is 0.740. The van der Waals surface area contributed by atoms with Crippen molar-refractivity contribution in [2.75, 3.05) is 5.32 Å². The molecule has 0 saturated carbocycles. The van der Waals surface area contributed by atoms with Crippen molar-refractivity contribution in [2.24, 2.45) is 0 Å². The molecule has 0 aliphatic rings. The third kappa shape index (κ3) is 2.92. The van der Waals surface area contributed by atoms with Gasteiger partial charge in [0.05, 0.1) is 0 Å². The molecular weight excluding hydrogens is 260 g/mol. The molecule has 3 rings (SSSR count). The summed E-state index contributed by atoms with van der Waals surface area (Å²) in [5, 5.41) is 3.52. The van der Waals surface area contributed by atoms with E-state index in [2.05, 4.69) is 48.4 Å². The summed E-state index contributed by atoms with van der Waals surface area (Å²) in [6, 6.07) is 14.9. The lowest BCUT2D eigenvalue weighted by atomic mass is 10.1. The van der Waals surface area contributed by atoms with E-state index in [0.717, 1.165) is 29.1 Å². The Bertz CT molecular complexity index is 744. The minimum atomic E-state index is 0.251.